The van der Waals surface area contributed by atoms with Gasteiger partial charge in [0.25, 0.3) is 0 Å². The molecule has 0 radical (unpaired) electrons. The quantitative estimate of drug-likeness (QED) is 0.233. The molecule has 7 rings (SSSR count). The van der Waals surface area contributed by atoms with E-state index in [1.54, 1.807) is 17.1 Å². The van der Waals surface area contributed by atoms with Gasteiger partial charge in [-0.1, -0.05) is 17.7 Å². The van der Waals surface area contributed by atoms with Crippen molar-refractivity contribution in [1.29, 1.82) is 0 Å². The number of carbonyl (C=O) groups is 2. The number of nitrogens with zero attached hydrogens (tertiary/aromatic N) is 6. The summed E-state index contributed by atoms with van der Waals surface area (Å²) in [5, 5.41) is 12.8. The summed E-state index contributed by atoms with van der Waals surface area (Å²) < 4.78 is 16.9. The third-order valence-electron chi connectivity index (χ3n) is 7.25. The van der Waals surface area contributed by atoms with Gasteiger partial charge in [-0.25, -0.2) is 24.0 Å². The Morgan fingerprint density at radius 2 is 1.86 bits per heavy atom. The summed E-state index contributed by atoms with van der Waals surface area (Å²) in [6.07, 6.45) is 8.95. The molecule has 0 fully saturated rings. The number of hydrogen-bond donors (Lipinski definition) is 3. The predicted octanol–water partition coefficient (Wildman–Crippen LogP) is 4.84. The van der Waals surface area contributed by atoms with Crippen LogP contribution < -0.4 is 11.5 Å². The Morgan fingerprint density at radius 1 is 1.05 bits per heavy atom. The summed E-state index contributed by atoms with van der Waals surface area (Å²) in [6, 6.07) is 17.1. The number of amides is 1. The molecule has 4 aromatic heterocycles. The van der Waals surface area contributed by atoms with E-state index in [4.69, 9.17) is 38.1 Å². The van der Waals surface area contributed by atoms with Crippen LogP contribution in [0.15, 0.2) is 73.2 Å². The van der Waals surface area contributed by atoms with Crippen LogP contribution in [0.3, 0.4) is 0 Å². The second kappa shape index (κ2) is 11.6. The van der Waals surface area contributed by atoms with Gasteiger partial charge in [-0.2, -0.15) is 5.10 Å². The number of imidazole rings is 1. The summed E-state index contributed by atoms with van der Waals surface area (Å²) in [7, 11) is 0. The van der Waals surface area contributed by atoms with Crippen molar-refractivity contribution in [3.8, 4) is 28.6 Å². The molecule has 0 atom stereocenters. The number of anilines is 1. The first kappa shape index (κ1) is 28.5. The van der Waals surface area contributed by atoms with Crippen molar-refractivity contribution in [1.82, 2.24) is 29.3 Å². The van der Waals surface area contributed by atoms with Gasteiger partial charge in [0.15, 0.2) is 35.1 Å². The Kier molecular flexibility index (Phi) is 7.50. The van der Waals surface area contributed by atoms with Gasteiger partial charge in [-0.3, -0.25) is 14.2 Å². The van der Waals surface area contributed by atoms with Crippen LogP contribution in [0.5, 0.6) is 5.75 Å². The SMILES string of the molecule is NC(=O)c1cc(C=O)c(O)c(F)c1Cl.Nc1ncccc1-c1nc2ccc(-n3cccn3)nc2n1-c1ccc2c(c1)CCC2. The number of phenols is 1. The highest BCUT2D eigenvalue weighted by atomic mass is 35.5. The molecule has 4 heterocycles. The van der Waals surface area contributed by atoms with Crippen LogP contribution in [0.1, 0.15) is 38.3 Å². The molecule has 1 aliphatic carbocycles. The maximum absolute atomic E-state index is 13.1. The average molecular weight is 611 g/mol. The Balaban J connectivity index is 0.000000208. The van der Waals surface area contributed by atoms with E-state index in [1.165, 1.54) is 17.5 Å². The van der Waals surface area contributed by atoms with Gasteiger partial charge in [-0.05, 0) is 78.9 Å². The fraction of sp³-hybridized carbons (Fsp3) is 0.0968. The maximum atomic E-state index is 13.1. The number of phenolic OH excluding ortho intramolecular Hbond substituents is 1. The summed E-state index contributed by atoms with van der Waals surface area (Å²) in [5.74, 6) is -1.18. The van der Waals surface area contributed by atoms with Gasteiger partial charge in [0.1, 0.15) is 11.3 Å². The van der Waals surface area contributed by atoms with E-state index in [2.05, 4.69) is 32.8 Å². The number of halogens is 2. The number of carbonyl (C=O) groups excluding carboxylic acids is 2. The lowest BCUT2D eigenvalue weighted by atomic mass is 10.1. The van der Waals surface area contributed by atoms with E-state index in [-0.39, 0.29) is 17.4 Å². The zero-order valence-corrected chi connectivity index (χ0v) is 23.7. The van der Waals surface area contributed by atoms with E-state index >= 15 is 0 Å². The normalized spacial score (nSPS) is 12.0. The number of rotatable bonds is 5. The number of fused-ring (bicyclic) bond motifs is 2. The van der Waals surface area contributed by atoms with Crippen molar-refractivity contribution in [2.24, 2.45) is 5.73 Å². The Morgan fingerprint density at radius 3 is 2.59 bits per heavy atom. The maximum Gasteiger partial charge on any atom is 0.250 e. The third kappa shape index (κ3) is 5.11. The van der Waals surface area contributed by atoms with Crippen LogP contribution in [0.2, 0.25) is 5.02 Å². The van der Waals surface area contributed by atoms with E-state index in [9.17, 15) is 14.0 Å². The molecule has 5 N–H and O–H groups in total. The molecule has 1 amide bonds. The van der Waals surface area contributed by atoms with Crippen LogP contribution in [0.25, 0.3) is 34.1 Å². The number of aromatic nitrogens is 6. The molecule has 0 aliphatic heterocycles. The second-order valence-electron chi connectivity index (χ2n) is 9.95. The van der Waals surface area contributed by atoms with Gasteiger partial charge in [0, 0.05) is 24.3 Å². The summed E-state index contributed by atoms with van der Waals surface area (Å²) >= 11 is 5.37. The minimum absolute atomic E-state index is 0.196. The molecule has 11 nitrogen and oxygen atoms in total. The second-order valence-corrected chi connectivity index (χ2v) is 10.3. The Hall–Kier alpha value is -5.62. The zero-order chi connectivity index (χ0) is 31.0. The molecule has 44 heavy (non-hydrogen) atoms. The predicted molar refractivity (Wildman–Crippen MR) is 163 cm³/mol. The number of nitrogens with two attached hydrogens (primary N) is 2. The van der Waals surface area contributed by atoms with Crippen molar-refractivity contribution in [3.05, 3.63) is 106 Å². The van der Waals surface area contributed by atoms with E-state index in [0.29, 0.717) is 5.82 Å². The minimum atomic E-state index is -1.23. The van der Waals surface area contributed by atoms with Crippen molar-refractivity contribution < 1.29 is 19.1 Å². The smallest absolute Gasteiger partial charge is 0.250 e. The van der Waals surface area contributed by atoms with Crippen LogP contribution in [-0.2, 0) is 12.8 Å². The van der Waals surface area contributed by atoms with E-state index < -0.39 is 22.5 Å². The average Bonchev–Trinajstić information content (AvgIpc) is 3.80. The van der Waals surface area contributed by atoms with Crippen molar-refractivity contribution >= 4 is 40.8 Å². The van der Waals surface area contributed by atoms with Crippen LogP contribution in [0, 0.1) is 5.82 Å². The summed E-state index contributed by atoms with van der Waals surface area (Å²) in [6.45, 7) is 0. The first-order valence-corrected chi connectivity index (χ1v) is 13.8. The monoisotopic (exact) mass is 610 g/mol. The number of aldehydes is 1. The van der Waals surface area contributed by atoms with E-state index in [1.807, 2.05) is 36.5 Å². The van der Waals surface area contributed by atoms with Gasteiger partial charge in [-0.15, -0.1) is 0 Å². The summed E-state index contributed by atoms with van der Waals surface area (Å²) in [4.78, 5) is 35.1. The Bertz CT molecular complexity index is 2060. The number of benzene rings is 2. The van der Waals surface area contributed by atoms with Crippen LogP contribution in [-0.4, -0.2) is 46.6 Å². The molecule has 2 aromatic carbocycles. The van der Waals surface area contributed by atoms with Gasteiger partial charge < -0.3 is 16.6 Å². The lowest BCUT2D eigenvalue weighted by molar-refractivity contribution is 0.1000. The molecule has 0 spiro atoms. The molecule has 1 aliphatic rings. The lowest BCUT2D eigenvalue weighted by Gasteiger charge is -2.12. The fourth-order valence-corrected chi connectivity index (χ4v) is 5.35. The first-order chi connectivity index (χ1) is 21.3. The number of aryl methyl sites for hydroxylation is 2. The molecule has 220 valence electrons. The fourth-order valence-electron chi connectivity index (χ4n) is 5.11. The topological polar surface area (TPSA) is 168 Å². The van der Waals surface area contributed by atoms with E-state index in [0.717, 1.165) is 53.0 Å². The van der Waals surface area contributed by atoms with Crippen LogP contribution >= 0.6 is 11.6 Å². The van der Waals surface area contributed by atoms with Gasteiger partial charge >= 0.3 is 0 Å². The number of primary amides is 1. The first-order valence-electron chi connectivity index (χ1n) is 13.4. The molecule has 0 bridgehead atoms. The standard InChI is InChI=1S/C23H19N7.C8H5ClFNO3/c24-21-18(6-2-11-25-21)22-27-19-9-10-20(29-13-3-12-26-29)28-23(19)30(22)17-8-7-15-4-1-5-16(15)14-17;9-5-4(8(11)14)1-3(2-12)7(13)6(5)10/h2-3,6-14H,1,4-5H2,(H2,24,25);1-2,13H,(H2,11,14). The third-order valence-corrected chi connectivity index (χ3v) is 7.62. The molecule has 0 saturated heterocycles. The Labute approximate surface area is 254 Å². The largest absolute Gasteiger partial charge is 0.504 e. The van der Waals surface area contributed by atoms with Crippen molar-refractivity contribution in [2.45, 2.75) is 19.3 Å². The van der Waals surface area contributed by atoms with Crippen LogP contribution in [0.4, 0.5) is 10.2 Å². The molecular formula is C31H24ClFN8O3. The summed E-state index contributed by atoms with van der Waals surface area (Å²) in [5.41, 5.74) is 16.6. The number of nitrogen functional groups attached to an aromatic ring is 1. The number of hydrogen-bond acceptors (Lipinski definition) is 8. The lowest BCUT2D eigenvalue weighted by Crippen LogP contribution is -2.13. The number of pyridine rings is 2. The highest BCUT2D eigenvalue weighted by Crippen LogP contribution is 2.33. The van der Waals surface area contributed by atoms with Crippen molar-refractivity contribution in [3.63, 3.8) is 0 Å². The molecule has 0 unspecified atom stereocenters. The molecule has 13 heteroatoms. The van der Waals surface area contributed by atoms with Gasteiger partial charge in [0.05, 0.1) is 21.7 Å². The minimum Gasteiger partial charge on any atom is -0.504 e. The highest BCUT2D eigenvalue weighted by molar-refractivity contribution is 6.34. The molecule has 6 aromatic rings. The molecule has 0 saturated carbocycles. The van der Waals surface area contributed by atoms with Crippen molar-refractivity contribution in [2.75, 3.05) is 5.73 Å². The number of aromatic hydroxyl groups is 1. The molecular weight excluding hydrogens is 587 g/mol. The van der Waals surface area contributed by atoms with Gasteiger partial charge in [0.2, 0.25) is 5.91 Å². The highest BCUT2D eigenvalue weighted by Gasteiger charge is 2.21. The zero-order valence-electron chi connectivity index (χ0n) is 23.0.